The molecule has 0 bridgehead atoms. The van der Waals surface area contributed by atoms with Gasteiger partial charge in [0.1, 0.15) is 16.7 Å². The lowest BCUT2D eigenvalue weighted by Gasteiger charge is -2.02. The predicted octanol–water partition coefficient (Wildman–Crippen LogP) is 0.0776. The van der Waals surface area contributed by atoms with Crippen LogP contribution in [0.3, 0.4) is 0 Å². The van der Waals surface area contributed by atoms with Crippen molar-refractivity contribution in [3.05, 3.63) is 40.2 Å². The summed E-state index contributed by atoms with van der Waals surface area (Å²) in [5, 5.41) is 12.8. The summed E-state index contributed by atoms with van der Waals surface area (Å²) in [4.78, 5) is 11.7. The molecule has 0 atom stereocenters. The lowest BCUT2D eigenvalue weighted by molar-refractivity contribution is 0.479. The summed E-state index contributed by atoms with van der Waals surface area (Å²) in [5.41, 5.74) is 5.25. The third-order valence-electron chi connectivity index (χ3n) is 2.12. The first-order chi connectivity index (χ1) is 7.63. The van der Waals surface area contributed by atoms with Crippen molar-refractivity contribution in [1.29, 1.82) is 0 Å². The second kappa shape index (κ2) is 3.58. The van der Waals surface area contributed by atoms with E-state index in [-0.39, 0.29) is 28.3 Å². The molecule has 0 amide bonds. The Morgan fingerprint density at radius 3 is 2.88 bits per heavy atom. The van der Waals surface area contributed by atoms with Gasteiger partial charge in [-0.1, -0.05) is 6.07 Å². The van der Waals surface area contributed by atoms with Crippen LogP contribution < -0.4 is 17.0 Å². The van der Waals surface area contributed by atoms with Crippen LogP contribution in [-0.4, -0.2) is 10.9 Å². The highest BCUT2D eigenvalue weighted by molar-refractivity contribution is 5.96. The number of benzene rings is 1. The van der Waals surface area contributed by atoms with Gasteiger partial charge >= 0.3 is 0 Å². The molecule has 0 saturated carbocycles. The van der Waals surface area contributed by atoms with Crippen LogP contribution in [0.4, 0.5) is 0 Å². The first-order valence-corrected chi connectivity index (χ1v) is 4.43. The van der Waals surface area contributed by atoms with E-state index in [4.69, 9.17) is 16.0 Å². The number of nitrogens with two attached hydrogens (primary N) is 2. The van der Waals surface area contributed by atoms with E-state index in [0.717, 1.165) is 6.07 Å². The number of fused-ring (bicyclic) bond motifs is 1. The lowest BCUT2D eigenvalue weighted by atomic mass is 10.2. The third-order valence-corrected chi connectivity index (χ3v) is 2.12. The molecule has 0 spiro atoms. The van der Waals surface area contributed by atoms with E-state index < -0.39 is 5.43 Å². The minimum Gasteiger partial charge on any atom is -0.507 e. The van der Waals surface area contributed by atoms with Crippen molar-refractivity contribution in [3.63, 3.8) is 0 Å². The highest BCUT2D eigenvalue weighted by atomic mass is 16.3. The maximum atomic E-state index is 11.7. The molecule has 16 heavy (non-hydrogen) atoms. The zero-order valence-corrected chi connectivity index (χ0v) is 8.18. The quantitative estimate of drug-likeness (QED) is 0.272. The summed E-state index contributed by atoms with van der Waals surface area (Å²) in [6.45, 7) is 0. The van der Waals surface area contributed by atoms with E-state index in [0.29, 0.717) is 0 Å². The monoisotopic (exact) mass is 219 g/mol. The van der Waals surface area contributed by atoms with E-state index in [2.05, 4.69) is 5.10 Å². The van der Waals surface area contributed by atoms with Crippen molar-refractivity contribution in [3.8, 4) is 5.75 Å². The summed E-state index contributed by atoms with van der Waals surface area (Å²) in [6, 6.07) is 5.64. The van der Waals surface area contributed by atoms with Crippen molar-refractivity contribution < 1.29 is 9.52 Å². The highest BCUT2D eigenvalue weighted by Crippen LogP contribution is 2.21. The minimum absolute atomic E-state index is 0.0746. The maximum absolute atomic E-state index is 11.7. The fraction of sp³-hybridized carbons (Fsp3) is 0. The summed E-state index contributed by atoms with van der Waals surface area (Å²) >= 11 is 0. The molecule has 1 aromatic carbocycles. The fourth-order valence-electron chi connectivity index (χ4n) is 1.38. The highest BCUT2D eigenvalue weighted by Gasteiger charge is 2.10. The van der Waals surface area contributed by atoms with Gasteiger partial charge < -0.3 is 21.1 Å². The molecule has 0 fully saturated rings. The van der Waals surface area contributed by atoms with Crippen LogP contribution in [-0.2, 0) is 0 Å². The Hall–Kier alpha value is -2.50. The molecule has 5 N–H and O–H groups in total. The second-order valence-corrected chi connectivity index (χ2v) is 3.14. The van der Waals surface area contributed by atoms with Gasteiger partial charge in [-0.3, -0.25) is 4.79 Å². The summed E-state index contributed by atoms with van der Waals surface area (Å²) in [7, 11) is 0. The molecule has 0 aliphatic heterocycles. The van der Waals surface area contributed by atoms with Crippen molar-refractivity contribution in [2.45, 2.75) is 0 Å². The van der Waals surface area contributed by atoms with Gasteiger partial charge in [-0.25, -0.2) is 0 Å². The Labute approximate surface area is 89.8 Å². The molecule has 0 saturated heterocycles. The van der Waals surface area contributed by atoms with E-state index in [1.54, 1.807) is 12.1 Å². The van der Waals surface area contributed by atoms with Crippen LogP contribution in [0.15, 0.2) is 38.6 Å². The van der Waals surface area contributed by atoms with Gasteiger partial charge in [0.15, 0.2) is 17.0 Å². The van der Waals surface area contributed by atoms with E-state index in [1.807, 2.05) is 0 Å². The number of phenolic OH excluding ortho intramolecular Hbond substituents is 1. The largest absolute Gasteiger partial charge is 0.507 e. The molecule has 0 radical (unpaired) electrons. The van der Waals surface area contributed by atoms with E-state index in [1.165, 1.54) is 6.07 Å². The smallest absolute Gasteiger partial charge is 0.197 e. The second-order valence-electron chi connectivity index (χ2n) is 3.14. The Morgan fingerprint density at radius 2 is 2.19 bits per heavy atom. The van der Waals surface area contributed by atoms with Crippen molar-refractivity contribution in [2.75, 3.05) is 0 Å². The molecule has 2 rings (SSSR count). The number of rotatable bonds is 1. The van der Waals surface area contributed by atoms with Crippen molar-refractivity contribution >= 4 is 16.8 Å². The molecule has 1 heterocycles. The number of hydrazone groups is 1. The van der Waals surface area contributed by atoms with Gasteiger partial charge in [0, 0.05) is 6.07 Å². The summed E-state index contributed by atoms with van der Waals surface area (Å²) in [5.74, 6) is 4.84. The van der Waals surface area contributed by atoms with Gasteiger partial charge in [-0.2, -0.15) is 5.10 Å². The van der Waals surface area contributed by atoms with Gasteiger partial charge in [-0.05, 0) is 12.1 Å². The van der Waals surface area contributed by atoms with Crippen LogP contribution in [0.5, 0.6) is 5.75 Å². The predicted molar refractivity (Wildman–Crippen MR) is 59.1 cm³/mol. The van der Waals surface area contributed by atoms with Crippen molar-refractivity contribution in [1.82, 2.24) is 0 Å². The molecular formula is C10H9N3O3. The van der Waals surface area contributed by atoms with Gasteiger partial charge in [0.25, 0.3) is 0 Å². The van der Waals surface area contributed by atoms with E-state index in [9.17, 15) is 9.90 Å². The van der Waals surface area contributed by atoms with Gasteiger partial charge in [-0.15, -0.1) is 0 Å². The molecule has 2 aromatic rings. The number of hydrogen-bond acceptors (Lipinski definition) is 5. The number of aromatic hydroxyl groups is 1. The minimum atomic E-state index is -0.402. The van der Waals surface area contributed by atoms with Crippen molar-refractivity contribution in [2.24, 2.45) is 16.7 Å². The lowest BCUT2D eigenvalue weighted by Crippen LogP contribution is -2.17. The van der Waals surface area contributed by atoms with Crippen LogP contribution in [0.2, 0.25) is 0 Å². The first kappa shape index (κ1) is 10.0. The molecule has 1 aromatic heterocycles. The topological polar surface area (TPSA) is 115 Å². The van der Waals surface area contributed by atoms with Crippen LogP contribution in [0, 0.1) is 0 Å². The molecule has 0 unspecified atom stereocenters. The Bertz CT molecular complexity index is 631. The standard InChI is InChI=1S/C10H9N3O3/c11-10(13-12)8-4-6(15)9-5(14)2-1-3-7(9)16-8/h1-4,14H,12H2,(H2,11,13). The number of hydrogen-bond donors (Lipinski definition) is 3. The maximum Gasteiger partial charge on any atom is 0.197 e. The zero-order chi connectivity index (χ0) is 11.7. The van der Waals surface area contributed by atoms with Crippen LogP contribution in [0.25, 0.3) is 11.0 Å². The molecule has 82 valence electrons. The Balaban J connectivity index is 2.84. The van der Waals surface area contributed by atoms with Crippen LogP contribution >= 0.6 is 0 Å². The van der Waals surface area contributed by atoms with Gasteiger partial charge in [0.2, 0.25) is 0 Å². The fourth-order valence-corrected chi connectivity index (χ4v) is 1.38. The number of nitrogens with zero attached hydrogens (tertiary/aromatic N) is 1. The van der Waals surface area contributed by atoms with Gasteiger partial charge in [0.05, 0.1) is 0 Å². The average molecular weight is 219 g/mol. The molecule has 6 nitrogen and oxygen atoms in total. The first-order valence-electron chi connectivity index (χ1n) is 4.43. The summed E-state index contributed by atoms with van der Waals surface area (Å²) < 4.78 is 5.28. The zero-order valence-electron chi connectivity index (χ0n) is 8.18. The normalized spacial score (nSPS) is 11.9. The SMILES string of the molecule is NN=C(N)c1cc(=O)c2c(O)cccc2o1. The third kappa shape index (κ3) is 1.46. The molecular weight excluding hydrogens is 210 g/mol. The van der Waals surface area contributed by atoms with Crippen LogP contribution in [0.1, 0.15) is 5.76 Å². The molecule has 6 heteroatoms. The summed E-state index contributed by atoms with van der Waals surface area (Å²) in [6.07, 6.45) is 0. The number of phenols is 1. The Morgan fingerprint density at radius 1 is 1.44 bits per heavy atom. The molecule has 0 aliphatic carbocycles. The number of amidine groups is 1. The van der Waals surface area contributed by atoms with E-state index >= 15 is 0 Å². The molecule has 0 aliphatic rings. The average Bonchev–Trinajstić information content (AvgIpc) is 2.27. The Kier molecular flexibility index (Phi) is 2.24.